The summed E-state index contributed by atoms with van der Waals surface area (Å²) in [7, 11) is 1.73. The molecule has 0 heterocycles. The third-order valence-electron chi connectivity index (χ3n) is 2.96. The van der Waals surface area contributed by atoms with Crippen LogP contribution in [0.1, 0.15) is 27.2 Å². The number of thioether (sulfide) groups is 1. The van der Waals surface area contributed by atoms with E-state index in [4.69, 9.17) is 0 Å². The average Bonchev–Trinajstić information content (AvgIpc) is 2.51. The van der Waals surface area contributed by atoms with E-state index in [1.807, 2.05) is 43.8 Å². The fourth-order valence-corrected chi connectivity index (χ4v) is 2.87. The number of nitrogens with zero attached hydrogens (tertiary/aromatic N) is 1. The van der Waals surface area contributed by atoms with Gasteiger partial charge in [0.05, 0.1) is 0 Å². The second kappa shape index (κ2) is 10.9. The molecule has 5 nitrogen and oxygen atoms in total. The molecule has 0 fully saturated rings. The third-order valence-corrected chi connectivity index (χ3v) is 4.07. The molecule has 3 N–H and O–H groups in total. The van der Waals surface area contributed by atoms with Crippen molar-refractivity contribution < 1.29 is 4.79 Å². The predicted molar refractivity (Wildman–Crippen MR) is 99.0 cm³/mol. The smallest absolute Gasteiger partial charge is 0.221 e. The highest BCUT2D eigenvalue weighted by Crippen LogP contribution is 2.21. The highest BCUT2D eigenvalue weighted by molar-refractivity contribution is 8.00. The van der Waals surface area contributed by atoms with Crippen LogP contribution in [0.25, 0.3) is 0 Å². The van der Waals surface area contributed by atoms with E-state index in [2.05, 4.69) is 40.0 Å². The fourth-order valence-electron chi connectivity index (χ4n) is 1.92. The van der Waals surface area contributed by atoms with E-state index in [9.17, 15) is 4.79 Å². The summed E-state index contributed by atoms with van der Waals surface area (Å²) < 4.78 is 0. The number of amides is 1. The van der Waals surface area contributed by atoms with Gasteiger partial charge in [-0.2, -0.15) is 0 Å². The van der Waals surface area contributed by atoms with Crippen LogP contribution in [0.5, 0.6) is 0 Å². The lowest BCUT2D eigenvalue weighted by atomic mass is 10.3. The lowest BCUT2D eigenvalue weighted by Gasteiger charge is -2.16. The molecular weight excluding hydrogens is 308 g/mol. The van der Waals surface area contributed by atoms with E-state index >= 15 is 0 Å². The van der Waals surface area contributed by atoms with Crippen molar-refractivity contribution in [2.75, 3.05) is 20.1 Å². The zero-order valence-electron chi connectivity index (χ0n) is 14.4. The molecule has 128 valence electrons. The minimum atomic E-state index is 0.0518. The number of benzene rings is 1. The predicted octanol–water partition coefficient (Wildman–Crippen LogP) is 2.25. The van der Waals surface area contributed by atoms with Crippen molar-refractivity contribution in [2.24, 2.45) is 4.99 Å². The summed E-state index contributed by atoms with van der Waals surface area (Å²) in [4.78, 5) is 17.0. The maximum Gasteiger partial charge on any atom is 0.221 e. The van der Waals surface area contributed by atoms with Crippen LogP contribution in [-0.4, -0.2) is 43.3 Å². The van der Waals surface area contributed by atoms with Gasteiger partial charge in [-0.05, 0) is 26.0 Å². The van der Waals surface area contributed by atoms with E-state index in [-0.39, 0.29) is 11.9 Å². The van der Waals surface area contributed by atoms with Crippen molar-refractivity contribution in [2.45, 2.75) is 43.4 Å². The van der Waals surface area contributed by atoms with Gasteiger partial charge in [-0.15, -0.1) is 11.8 Å². The number of nitrogens with one attached hydrogen (secondary N) is 3. The molecule has 0 saturated heterocycles. The van der Waals surface area contributed by atoms with Gasteiger partial charge in [0.1, 0.15) is 0 Å². The Morgan fingerprint density at radius 1 is 1.17 bits per heavy atom. The molecule has 6 heteroatoms. The second-order valence-corrected chi connectivity index (χ2v) is 7.11. The van der Waals surface area contributed by atoms with E-state index in [0.29, 0.717) is 18.2 Å². The number of aliphatic imine (C=N–C) groups is 1. The monoisotopic (exact) mass is 336 g/mol. The van der Waals surface area contributed by atoms with Gasteiger partial charge < -0.3 is 16.0 Å². The van der Waals surface area contributed by atoms with Crippen LogP contribution < -0.4 is 16.0 Å². The van der Waals surface area contributed by atoms with Gasteiger partial charge >= 0.3 is 0 Å². The Morgan fingerprint density at radius 2 is 1.87 bits per heavy atom. The molecule has 0 saturated carbocycles. The van der Waals surface area contributed by atoms with Gasteiger partial charge in [-0.1, -0.05) is 25.1 Å². The Morgan fingerprint density at radius 3 is 2.48 bits per heavy atom. The summed E-state index contributed by atoms with van der Waals surface area (Å²) in [5.74, 6) is 0.777. The molecule has 0 aromatic heterocycles. The fraction of sp³-hybridized carbons (Fsp3) is 0.529. The number of rotatable bonds is 8. The Kier molecular flexibility index (Phi) is 9.21. The van der Waals surface area contributed by atoms with E-state index in [1.54, 1.807) is 7.05 Å². The van der Waals surface area contributed by atoms with E-state index < -0.39 is 0 Å². The number of hydrogen-bond donors (Lipinski definition) is 3. The first-order valence-corrected chi connectivity index (χ1v) is 8.84. The van der Waals surface area contributed by atoms with Crippen molar-refractivity contribution in [3.05, 3.63) is 30.3 Å². The van der Waals surface area contributed by atoms with Crippen LogP contribution in [0, 0.1) is 0 Å². The van der Waals surface area contributed by atoms with Gasteiger partial charge in [0, 0.05) is 42.7 Å². The summed E-state index contributed by atoms with van der Waals surface area (Å²) in [6.07, 6.45) is 0.438. The molecule has 0 aliphatic rings. The topological polar surface area (TPSA) is 65.5 Å². The SMILES string of the molecule is CN=C(NCCC(=O)NC(C)C)NCC(C)Sc1ccccc1. The average molecular weight is 337 g/mol. The molecule has 23 heavy (non-hydrogen) atoms. The molecule has 1 unspecified atom stereocenters. The summed E-state index contributed by atoms with van der Waals surface area (Å²) in [6.45, 7) is 7.46. The molecular formula is C17H28N4OS. The Balaban J connectivity index is 2.24. The molecule has 1 aromatic carbocycles. The molecule has 1 atom stereocenters. The molecule has 1 amide bonds. The normalized spacial score (nSPS) is 12.8. The zero-order valence-corrected chi connectivity index (χ0v) is 15.2. The van der Waals surface area contributed by atoms with Crippen molar-refractivity contribution in [1.29, 1.82) is 0 Å². The quantitative estimate of drug-likeness (QED) is 0.387. The van der Waals surface area contributed by atoms with Gasteiger partial charge in [0.25, 0.3) is 0 Å². The van der Waals surface area contributed by atoms with Crippen LogP contribution in [0.15, 0.2) is 40.2 Å². The Labute approximate surface area is 143 Å². The maximum absolute atomic E-state index is 11.6. The number of hydrogen-bond acceptors (Lipinski definition) is 3. The lowest BCUT2D eigenvalue weighted by Crippen LogP contribution is -2.41. The first-order chi connectivity index (χ1) is 11.0. The largest absolute Gasteiger partial charge is 0.356 e. The summed E-state index contributed by atoms with van der Waals surface area (Å²) in [5.41, 5.74) is 0. The van der Waals surface area contributed by atoms with E-state index in [0.717, 1.165) is 12.5 Å². The second-order valence-electron chi connectivity index (χ2n) is 5.59. The molecule has 1 aromatic rings. The molecule has 1 rings (SSSR count). The Bertz CT molecular complexity index is 491. The van der Waals surface area contributed by atoms with Crippen molar-refractivity contribution in [3.63, 3.8) is 0 Å². The van der Waals surface area contributed by atoms with Crippen molar-refractivity contribution in [1.82, 2.24) is 16.0 Å². The molecule has 0 bridgehead atoms. The summed E-state index contributed by atoms with van der Waals surface area (Å²) in [6, 6.07) is 10.5. The molecule has 0 aliphatic heterocycles. The summed E-state index contributed by atoms with van der Waals surface area (Å²) >= 11 is 1.82. The lowest BCUT2D eigenvalue weighted by molar-refractivity contribution is -0.121. The first-order valence-electron chi connectivity index (χ1n) is 7.97. The van der Waals surface area contributed by atoms with Crippen molar-refractivity contribution >= 4 is 23.6 Å². The van der Waals surface area contributed by atoms with Crippen LogP contribution in [0.2, 0.25) is 0 Å². The van der Waals surface area contributed by atoms with Gasteiger partial charge in [0.2, 0.25) is 5.91 Å². The van der Waals surface area contributed by atoms with Gasteiger partial charge in [-0.25, -0.2) is 0 Å². The standard InChI is InChI=1S/C17H28N4OS/c1-13(2)21-16(22)10-11-19-17(18-4)20-12-14(3)23-15-8-6-5-7-9-15/h5-9,13-14H,10-12H2,1-4H3,(H,21,22)(H2,18,19,20). The van der Waals surface area contributed by atoms with Gasteiger partial charge in [0.15, 0.2) is 5.96 Å². The highest BCUT2D eigenvalue weighted by atomic mass is 32.2. The summed E-state index contributed by atoms with van der Waals surface area (Å²) in [5, 5.41) is 9.74. The number of carbonyl (C=O) groups excluding carboxylic acids is 1. The zero-order chi connectivity index (χ0) is 17.1. The molecule has 0 aliphatic carbocycles. The van der Waals surface area contributed by atoms with Crippen LogP contribution in [0.3, 0.4) is 0 Å². The van der Waals surface area contributed by atoms with E-state index in [1.165, 1.54) is 4.90 Å². The minimum absolute atomic E-state index is 0.0518. The molecule has 0 radical (unpaired) electrons. The first kappa shape index (κ1) is 19.4. The third kappa shape index (κ3) is 9.13. The van der Waals surface area contributed by atoms with Gasteiger partial charge in [-0.3, -0.25) is 9.79 Å². The molecule has 0 spiro atoms. The van der Waals surface area contributed by atoms with Crippen molar-refractivity contribution in [3.8, 4) is 0 Å². The maximum atomic E-state index is 11.6. The minimum Gasteiger partial charge on any atom is -0.356 e. The number of guanidine groups is 1. The van der Waals surface area contributed by atoms with Crippen LogP contribution >= 0.6 is 11.8 Å². The number of carbonyl (C=O) groups is 1. The van der Waals surface area contributed by atoms with Crippen LogP contribution in [-0.2, 0) is 4.79 Å². The highest BCUT2D eigenvalue weighted by Gasteiger charge is 2.07. The Hall–Kier alpha value is -1.69. The van der Waals surface area contributed by atoms with Crippen LogP contribution in [0.4, 0.5) is 0 Å².